The molecule has 1 radical (unpaired) electrons. The van der Waals surface area contributed by atoms with Crippen molar-refractivity contribution >= 4 is 17.6 Å². The third-order valence-electron chi connectivity index (χ3n) is 1.29. The Hall–Kier alpha value is -1.03. The summed E-state index contributed by atoms with van der Waals surface area (Å²) in [6.07, 6.45) is 0.442. The Morgan fingerprint density at radius 2 is 2.45 bits per heavy atom. The minimum absolute atomic E-state index is 0.442. The largest absolute Gasteiger partial charge is 0.594 e. The molecule has 0 unspecified atom stereocenters. The minimum atomic E-state index is 0.442. The molecule has 0 spiro atoms. The molecule has 0 bridgehead atoms. The van der Waals surface area contributed by atoms with Gasteiger partial charge in [0.1, 0.15) is 5.69 Å². The summed E-state index contributed by atoms with van der Waals surface area (Å²) < 4.78 is 0. The van der Waals surface area contributed by atoms with Crippen LogP contribution < -0.4 is 4.85 Å². The highest BCUT2D eigenvalue weighted by Gasteiger charge is 2.01. The predicted octanol–water partition coefficient (Wildman–Crippen LogP) is 0.443. The molecule has 4 heteroatoms. The number of aryl methyl sites for hydroxylation is 1. The van der Waals surface area contributed by atoms with Crippen LogP contribution in [0.25, 0.3) is 0 Å². The highest BCUT2D eigenvalue weighted by Crippen LogP contribution is 1.92. The zero-order chi connectivity index (χ0) is 8.27. The smallest absolute Gasteiger partial charge is 0.218 e. The van der Waals surface area contributed by atoms with Crippen LogP contribution in [-0.2, 0) is 6.42 Å². The molecule has 0 aliphatic carbocycles. The molecule has 1 heterocycles. The zero-order valence-corrected chi connectivity index (χ0v) is 6.89. The van der Waals surface area contributed by atoms with Crippen LogP contribution in [0.5, 0.6) is 0 Å². The van der Waals surface area contributed by atoms with Crippen LogP contribution in [0, 0.1) is 12.1 Å². The number of nitrogens with zero attached hydrogens (tertiary/aromatic N) is 2. The van der Waals surface area contributed by atoms with Crippen molar-refractivity contribution < 1.29 is 4.85 Å². The van der Waals surface area contributed by atoms with Crippen molar-refractivity contribution in [1.82, 2.24) is 5.10 Å². The first-order chi connectivity index (χ1) is 5.24. The van der Waals surface area contributed by atoms with E-state index < -0.39 is 0 Å². The van der Waals surface area contributed by atoms with E-state index in [1.165, 1.54) is 0 Å². The molecule has 0 amide bonds. The Labute approximate surface area is 70.3 Å². The number of hydrogen-bond acceptors (Lipinski definition) is 3. The topological polar surface area (TPSA) is 39.8 Å². The van der Waals surface area contributed by atoms with Gasteiger partial charge in [0.25, 0.3) is 0 Å². The van der Waals surface area contributed by atoms with Crippen molar-refractivity contribution in [3.8, 4) is 0 Å². The number of hydrogen-bond donors (Lipinski definition) is 0. The molecule has 0 saturated heterocycles. The van der Waals surface area contributed by atoms with Gasteiger partial charge in [-0.2, -0.15) is 0 Å². The molecular weight excluding hydrogens is 160 g/mol. The molecule has 0 aliphatic heterocycles. The molecule has 0 aromatic carbocycles. The maximum Gasteiger partial charge on any atom is 0.218 e. The molecular formula is C7H7N2OS. The van der Waals surface area contributed by atoms with Crippen molar-refractivity contribution in [2.45, 2.75) is 13.3 Å². The third-order valence-corrected chi connectivity index (χ3v) is 1.44. The average molecular weight is 167 g/mol. The molecule has 11 heavy (non-hydrogen) atoms. The molecule has 3 nitrogen and oxygen atoms in total. The summed E-state index contributed by atoms with van der Waals surface area (Å²) in [4.78, 5) is 0.585. The molecule has 1 aromatic heterocycles. The van der Waals surface area contributed by atoms with Gasteiger partial charge in [-0.25, -0.2) is 0 Å². The lowest BCUT2D eigenvalue weighted by molar-refractivity contribution is -0.676. The van der Waals surface area contributed by atoms with Gasteiger partial charge in [-0.15, -0.1) is 0 Å². The lowest BCUT2D eigenvalue weighted by Crippen LogP contribution is -2.35. The fourth-order valence-corrected chi connectivity index (χ4v) is 0.826. The second kappa shape index (κ2) is 3.39. The summed E-state index contributed by atoms with van der Waals surface area (Å²) in [6, 6.07) is 3.48. The zero-order valence-electron chi connectivity index (χ0n) is 6.07. The molecule has 0 aliphatic rings. The quantitative estimate of drug-likeness (QED) is 0.364. The third kappa shape index (κ3) is 1.94. The molecule has 0 atom stereocenters. The fourth-order valence-electron chi connectivity index (χ4n) is 0.678. The number of thiocarbonyl (C=S) groups is 1. The lowest BCUT2D eigenvalue weighted by Gasteiger charge is -1.97. The van der Waals surface area contributed by atoms with Gasteiger partial charge in [0.2, 0.25) is 5.69 Å². The Balaban J connectivity index is 2.95. The summed E-state index contributed by atoms with van der Waals surface area (Å²) in [5, 5.41) is 17.1. The summed E-state index contributed by atoms with van der Waals surface area (Å²) in [6.45, 7) is 1.70. The Kier molecular flexibility index (Phi) is 2.48. The van der Waals surface area contributed by atoms with Crippen molar-refractivity contribution in [1.29, 1.82) is 0 Å². The maximum atomic E-state index is 10.9. The van der Waals surface area contributed by atoms with Gasteiger partial charge in [-0.1, -0.05) is 17.1 Å². The molecule has 1 rings (SSSR count). The van der Waals surface area contributed by atoms with Gasteiger partial charge < -0.3 is 5.21 Å². The van der Waals surface area contributed by atoms with Gasteiger partial charge >= 0.3 is 0 Å². The Bertz CT molecular complexity index is 275. The van der Waals surface area contributed by atoms with E-state index in [1.54, 1.807) is 19.1 Å². The first-order valence-corrected chi connectivity index (χ1v) is 3.56. The molecule has 0 N–H and O–H groups in total. The predicted molar refractivity (Wildman–Crippen MR) is 44.2 cm³/mol. The van der Waals surface area contributed by atoms with E-state index >= 15 is 0 Å². The van der Waals surface area contributed by atoms with Crippen molar-refractivity contribution in [2.24, 2.45) is 0 Å². The molecule has 1 aromatic rings. The van der Waals surface area contributed by atoms with E-state index in [2.05, 4.69) is 22.7 Å². The average Bonchev–Trinajstić information content (AvgIpc) is 1.98. The Morgan fingerprint density at radius 3 is 3.00 bits per heavy atom. The lowest BCUT2D eigenvalue weighted by atomic mass is 10.3. The first-order valence-electron chi connectivity index (χ1n) is 3.15. The van der Waals surface area contributed by atoms with Gasteiger partial charge in [-0.05, 0) is 6.07 Å². The highest BCUT2D eigenvalue weighted by molar-refractivity contribution is 7.78. The normalized spacial score (nSPS) is 9.55. The SMILES string of the molecule is Cc1ccc(C[C]=S)n[n+]1[O-]. The molecule has 0 fully saturated rings. The van der Waals surface area contributed by atoms with Crippen molar-refractivity contribution in [3.05, 3.63) is 28.7 Å². The van der Waals surface area contributed by atoms with E-state index in [0.29, 0.717) is 22.7 Å². The van der Waals surface area contributed by atoms with E-state index in [0.717, 1.165) is 0 Å². The second-order valence-electron chi connectivity index (χ2n) is 2.16. The molecule has 57 valence electrons. The van der Waals surface area contributed by atoms with Crippen LogP contribution in [0.15, 0.2) is 12.1 Å². The van der Waals surface area contributed by atoms with Crippen LogP contribution in [0.4, 0.5) is 0 Å². The minimum Gasteiger partial charge on any atom is -0.594 e. The van der Waals surface area contributed by atoms with Crippen molar-refractivity contribution in [3.63, 3.8) is 0 Å². The van der Waals surface area contributed by atoms with Crippen molar-refractivity contribution in [2.75, 3.05) is 0 Å². The summed E-state index contributed by atoms with van der Waals surface area (Å²) >= 11 is 4.51. The first kappa shape index (κ1) is 8.07. The Morgan fingerprint density at radius 1 is 1.73 bits per heavy atom. The van der Waals surface area contributed by atoms with Gasteiger partial charge in [0.05, 0.1) is 0 Å². The highest BCUT2D eigenvalue weighted by atomic mass is 32.1. The van der Waals surface area contributed by atoms with E-state index in [-0.39, 0.29) is 0 Å². The van der Waals surface area contributed by atoms with Gasteiger partial charge in [0.15, 0.2) is 0 Å². The van der Waals surface area contributed by atoms with Crippen LogP contribution in [0.1, 0.15) is 11.4 Å². The van der Waals surface area contributed by atoms with Crippen LogP contribution in [0.3, 0.4) is 0 Å². The van der Waals surface area contributed by atoms with Gasteiger partial charge in [0, 0.05) is 29.9 Å². The summed E-state index contributed by atoms with van der Waals surface area (Å²) in [7, 11) is 0. The standard InChI is InChI=1S/C7H7N2OS/c1-6-2-3-7(4-5-11)8-9(6)10/h2-3H,4H2,1H3. The van der Waals surface area contributed by atoms with Crippen LogP contribution >= 0.6 is 12.2 Å². The van der Waals surface area contributed by atoms with E-state index in [4.69, 9.17) is 0 Å². The second-order valence-corrected chi connectivity index (χ2v) is 2.45. The van der Waals surface area contributed by atoms with Crippen LogP contribution in [0.2, 0.25) is 0 Å². The summed E-state index contributed by atoms with van der Waals surface area (Å²) in [5.41, 5.74) is 1.23. The fraction of sp³-hybridized carbons (Fsp3) is 0.286. The van der Waals surface area contributed by atoms with E-state index in [1.807, 2.05) is 0 Å². The summed E-state index contributed by atoms with van der Waals surface area (Å²) in [5.74, 6) is 0. The monoisotopic (exact) mass is 167 g/mol. The van der Waals surface area contributed by atoms with Gasteiger partial charge in [-0.3, -0.25) is 0 Å². The number of aromatic nitrogens is 2. The van der Waals surface area contributed by atoms with E-state index in [9.17, 15) is 5.21 Å². The number of rotatable bonds is 2. The molecule has 0 saturated carbocycles. The maximum absolute atomic E-state index is 10.9. The van der Waals surface area contributed by atoms with Crippen LogP contribution in [-0.4, -0.2) is 10.5 Å².